The maximum atomic E-state index is 6.09. The monoisotopic (exact) mass is 384 g/mol. The summed E-state index contributed by atoms with van der Waals surface area (Å²) >= 11 is 3.53. The summed E-state index contributed by atoms with van der Waals surface area (Å²) in [5, 5.41) is 0. The molecule has 0 aromatic heterocycles. The highest BCUT2D eigenvalue weighted by molar-refractivity contribution is 9.10. The van der Waals surface area contributed by atoms with E-state index in [2.05, 4.69) is 22.5 Å². The topological polar surface area (TPSA) is 46.2 Å². The van der Waals surface area contributed by atoms with Crippen LogP contribution in [-0.4, -0.2) is 37.5 Å². The quantitative estimate of drug-likeness (QED) is 0.727. The molecule has 6 heteroatoms. The van der Waals surface area contributed by atoms with Crippen molar-refractivity contribution in [1.29, 1.82) is 0 Å². The van der Waals surface area contributed by atoms with Gasteiger partial charge in [0.15, 0.2) is 12.1 Å². The number of fused-ring (bicyclic) bond motifs is 1. The van der Waals surface area contributed by atoms with Crippen LogP contribution in [0.1, 0.15) is 19.4 Å². The first-order valence-corrected chi connectivity index (χ1v) is 8.30. The van der Waals surface area contributed by atoms with E-state index in [4.69, 9.17) is 23.7 Å². The lowest BCUT2D eigenvalue weighted by Gasteiger charge is -2.24. The molecule has 0 amide bonds. The zero-order valence-electron chi connectivity index (χ0n) is 13.5. The van der Waals surface area contributed by atoms with Crippen LogP contribution in [0.4, 0.5) is 0 Å². The van der Waals surface area contributed by atoms with Crippen LogP contribution >= 0.6 is 15.9 Å². The summed E-state index contributed by atoms with van der Waals surface area (Å²) in [4.78, 5) is 0. The van der Waals surface area contributed by atoms with Crippen molar-refractivity contribution in [3.05, 3.63) is 40.9 Å². The van der Waals surface area contributed by atoms with Gasteiger partial charge >= 0.3 is 0 Å². The van der Waals surface area contributed by atoms with Gasteiger partial charge in [-0.25, -0.2) is 0 Å². The Morgan fingerprint density at radius 2 is 2.13 bits per heavy atom. The van der Waals surface area contributed by atoms with Gasteiger partial charge in [-0.1, -0.05) is 22.0 Å². The second-order valence-corrected chi connectivity index (χ2v) is 6.89. The van der Waals surface area contributed by atoms with Crippen molar-refractivity contribution in [2.75, 3.05) is 7.11 Å². The lowest BCUT2D eigenvalue weighted by Crippen LogP contribution is -2.36. The standard InChI is InChI=1S/C17H21BrO5/c1-5-13-14(15-16(21-13)23-17(2,3)22-15)20-9-10-8-11(19-4)6-7-12(10)18/h5-8,13-16H,1,9H2,2-4H3/t13-,14-,15-,16-/m1/s1. The van der Waals surface area contributed by atoms with Crippen LogP contribution in [0.25, 0.3) is 0 Å². The first-order valence-electron chi connectivity index (χ1n) is 7.51. The first-order chi connectivity index (χ1) is 10.9. The molecule has 2 heterocycles. The van der Waals surface area contributed by atoms with Gasteiger partial charge in [0, 0.05) is 4.47 Å². The van der Waals surface area contributed by atoms with Crippen LogP contribution in [0, 0.1) is 0 Å². The van der Waals surface area contributed by atoms with Gasteiger partial charge in [-0.3, -0.25) is 0 Å². The molecule has 0 saturated carbocycles. The molecule has 23 heavy (non-hydrogen) atoms. The fourth-order valence-electron chi connectivity index (χ4n) is 2.86. The van der Waals surface area contributed by atoms with Gasteiger partial charge in [0.25, 0.3) is 0 Å². The van der Waals surface area contributed by atoms with Gasteiger partial charge in [0.05, 0.1) is 13.7 Å². The molecule has 2 aliphatic rings. The third-order valence-corrected chi connectivity index (χ3v) is 4.72. The minimum Gasteiger partial charge on any atom is -0.497 e. The summed E-state index contributed by atoms with van der Waals surface area (Å²) in [6.07, 6.45) is 0.510. The molecule has 0 N–H and O–H groups in total. The molecule has 2 fully saturated rings. The van der Waals surface area contributed by atoms with Crippen LogP contribution in [0.15, 0.2) is 35.3 Å². The summed E-state index contributed by atoms with van der Waals surface area (Å²) in [5.74, 6) is 0.119. The third-order valence-electron chi connectivity index (χ3n) is 3.94. The van der Waals surface area contributed by atoms with E-state index >= 15 is 0 Å². The lowest BCUT2D eigenvalue weighted by atomic mass is 10.1. The molecular formula is C17H21BrO5. The molecule has 0 radical (unpaired) electrons. The lowest BCUT2D eigenvalue weighted by molar-refractivity contribution is -0.213. The molecule has 1 aromatic rings. The fraction of sp³-hybridized carbons (Fsp3) is 0.529. The second kappa shape index (κ2) is 6.53. The summed E-state index contributed by atoms with van der Waals surface area (Å²) in [6, 6.07) is 5.77. The Hall–Kier alpha value is -0.920. The van der Waals surface area contributed by atoms with Crippen molar-refractivity contribution < 1.29 is 23.7 Å². The molecule has 1 aromatic carbocycles. The predicted molar refractivity (Wildman–Crippen MR) is 88.2 cm³/mol. The van der Waals surface area contributed by atoms with Crippen LogP contribution in [0.3, 0.4) is 0 Å². The first kappa shape index (κ1) is 16.9. The van der Waals surface area contributed by atoms with Crippen molar-refractivity contribution in [2.45, 2.75) is 50.8 Å². The van der Waals surface area contributed by atoms with Gasteiger partial charge in [-0.15, -0.1) is 6.58 Å². The predicted octanol–water partition coefficient (Wildman–Crippen LogP) is 3.41. The highest BCUT2D eigenvalue weighted by atomic mass is 79.9. The highest BCUT2D eigenvalue weighted by Crippen LogP contribution is 2.39. The maximum absolute atomic E-state index is 6.09. The summed E-state index contributed by atoms with van der Waals surface area (Å²) < 4.78 is 29.8. The van der Waals surface area contributed by atoms with Gasteiger partial charge in [-0.05, 0) is 37.6 Å². The van der Waals surface area contributed by atoms with Gasteiger partial charge < -0.3 is 23.7 Å². The van der Waals surface area contributed by atoms with E-state index in [0.29, 0.717) is 6.61 Å². The molecule has 0 bridgehead atoms. The molecule has 0 unspecified atom stereocenters. The average molecular weight is 385 g/mol. The van der Waals surface area contributed by atoms with E-state index in [1.807, 2.05) is 32.0 Å². The molecule has 3 rings (SSSR count). The van der Waals surface area contributed by atoms with Crippen LogP contribution in [0.5, 0.6) is 5.75 Å². The number of hydrogen-bond donors (Lipinski definition) is 0. The Morgan fingerprint density at radius 1 is 1.35 bits per heavy atom. The zero-order valence-corrected chi connectivity index (χ0v) is 15.0. The molecule has 0 spiro atoms. The van der Waals surface area contributed by atoms with E-state index in [1.165, 1.54) is 0 Å². The van der Waals surface area contributed by atoms with E-state index in [1.54, 1.807) is 13.2 Å². The minimum absolute atomic E-state index is 0.259. The van der Waals surface area contributed by atoms with Gasteiger partial charge in [0.2, 0.25) is 0 Å². The number of ether oxygens (including phenoxy) is 5. The summed E-state index contributed by atoms with van der Waals surface area (Å²) in [7, 11) is 1.64. The van der Waals surface area contributed by atoms with Gasteiger partial charge in [0.1, 0.15) is 24.1 Å². The molecule has 2 saturated heterocycles. The Kier molecular flexibility index (Phi) is 4.80. The summed E-state index contributed by atoms with van der Waals surface area (Å²) in [5.41, 5.74) is 0.994. The number of benzene rings is 1. The Bertz CT molecular complexity index is 588. The van der Waals surface area contributed by atoms with E-state index in [9.17, 15) is 0 Å². The fourth-order valence-corrected chi connectivity index (χ4v) is 3.22. The zero-order chi connectivity index (χ0) is 16.6. The largest absolute Gasteiger partial charge is 0.497 e. The maximum Gasteiger partial charge on any atom is 0.190 e. The number of hydrogen-bond acceptors (Lipinski definition) is 5. The number of halogens is 1. The van der Waals surface area contributed by atoms with Crippen LogP contribution in [0.2, 0.25) is 0 Å². The van der Waals surface area contributed by atoms with E-state index in [-0.39, 0.29) is 18.3 Å². The smallest absolute Gasteiger partial charge is 0.190 e. The van der Waals surface area contributed by atoms with Crippen LogP contribution < -0.4 is 4.74 Å². The molecule has 0 aliphatic carbocycles. The molecule has 2 aliphatic heterocycles. The van der Waals surface area contributed by atoms with Crippen molar-refractivity contribution in [2.24, 2.45) is 0 Å². The van der Waals surface area contributed by atoms with E-state index in [0.717, 1.165) is 15.8 Å². The summed E-state index contributed by atoms with van der Waals surface area (Å²) in [6.45, 7) is 7.95. The Morgan fingerprint density at radius 3 is 2.83 bits per heavy atom. The van der Waals surface area contributed by atoms with Crippen molar-refractivity contribution in [3.63, 3.8) is 0 Å². The van der Waals surface area contributed by atoms with Gasteiger partial charge in [-0.2, -0.15) is 0 Å². The SMILES string of the molecule is C=C[C@H]1O[C@@H]2OC(C)(C)O[C@@H]2[C@@H]1OCc1cc(OC)ccc1Br. The highest BCUT2D eigenvalue weighted by Gasteiger charge is 2.54. The van der Waals surface area contributed by atoms with E-state index < -0.39 is 12.1 Å². The second-order valence-electron chi connectivity index (χ2n) is 6.04. The Balaban J connectivity index is 1.72. The van der Waals surface area contributed by atoms with Crippen molar-refractivity contribution in [1.82, 2.24) is 0 Å². The molecular weight excluding hydrogens is 364 g/mol. The molecule has 5 nitrogen and oxygen atoms in total. The van der Waals surface area contributed by atoms with Crippen molar-refractivity contribution in [3.8, 4) is 5.75 Å². The minimum atomic E-state index is -0.667. The molecule has 4 atom stereocenters. The van der Waals surface area contributed by atoms with Crippen LogP contribution in [-0.2, 0) is 25.6 Å². The Labute approximate surface area is 144 Å². The average Bonchev–Trinajstić information content (AvgIpc) is 2.98. The number of methoxy groups -OCH3 is 1. The normalized spacial score (nSPS) is 31.8. The molecule has 126 valence electrons. The third kappa shape index (κ3) is 3.46. The van der Waals surface area contributed by atoms with Crippen molar-refractivity contribution >= 4 is 15.9 Å². The number of rotatable bonds is 5.